The van der Waals surface area contributed by atoms with Crippen molar-refractivity contribution in [1.29, 1.82) is 0 Å². The zero-order chi connectivity index (χ0) is 14.3. The van der Waals surface area contributed by atoms with E-state index in [2.05, 4.69) is 28.2 Å². The van der Waals surface area contributed by atoms with E-state index in [-0.39, 0.29) is 5.91 Å². The van der Waals surface area contributed by atoms with Crippen LogP contribution in [0, 0.1) is 5.82 Å². The molecule has 0 fully saturated rings. The molecule has 19 heavy (non-hydrogen) atoms. The number of halogens is 2. The lowest BCUT2D eigenvalue weighted by atomic mass is 10.2. The number of unbranched alkanes of at least 4 members (excludes halogenated alkanes) is 2. The van der Waals surface area contributed by atoms with Crippen molar-refractivity contribution >= 4 is 21.8 Å². The second-order valence-corrected chi connectivity index (χ2v) is 5.28. The third-order valence-corrected chi connectivity index (χ3v) is 3.06. The standard InChI is InChI=1S/C14H19BrFNO2/c1-3-4-5-6-17-14(18)10(2)19-13-8-11(15)7-12(16)9-13/h7-10H,3-6H2,1-2H3,(H,17,18). The van der Waals surface area contributed by atoms with Crippen LogP contribution in [0.1, 0.15) is 33.1 Å². The Balaban J connectivity index is 2.44. The first-order valence-corrected chi connectivity index (χ1v) is 7.22. The van der Waals surface area contributed by atoms with Crippen LogP contribution in [0.15, 0.2) is 22.7 Å². The molecule has 1 aromatic carbocycles. The van der Waals surface area contributed by atoms with E-state index < -0.39 is 11.9 Å². The predicted molar refractivity (Wildman–Crippen MR) is 76.7 cm³/mol. The first-order valence-electron chi connectivity index (χ1n) is 6.43. The molecule has 0 saturated carbocycles. The van der Waals surface area contributed by atoms with Gasteiger partial charge in [-0.1, -0.05) is 35.7 Å². The molecule has 1 amide bonds. The summed E-state index contributed by atoms with van der Waals surface area (Å²) in [6.07, 6.45) is 2.52. The highest BCUT2D eigenvalue weighted by molar-refractivity contribution is 9.10. The summed E-state index contributed by atoms with van der Waals surface area (Å²) in [6, 6.07) is 4.22. The first kappa shape index (κ1) is 16.0. The third-order valence-electron chi connectivity index (χ3n) is 2.60. The maximum absolute atomic E-state index is 13.2. The molecular formula is C14H19BrFNO2. The monoisotopic (exact) mass is 331 g/mol. The van der Waals surface area contributed by atoms with Crippen LogP contribution >= 0.6 is 15.9 Å². The second-order valence-electron chi connectivity index (χ2n) is 4.36. The Morgan fingerprint density at radius 1 is 1.42 bits per heavy atom. The average molecular weight is 332 g/mol. The normalized spacial score (nSPS) is 12.0. The zero-order valence-corrected chi connectivity index (χ0v) is 12.8. The van der Waals surface area contributed by atoms with Crippen LogP contribution in [0.5, 0.6) is 5.75 Å². The van der Waals surface area contributed by atoms with Gasteiger partial charge in [0.1, 0.15) is 11.6 Å². The van der Waals surface area contributed by atoms with Gasteiger partial charge in [0.15, 0.2) is 6.10 Å². The summed E-state index contributed by atoms with van der Waals surface area (Å²) in [6.45, 7) is 4.40. The Kier molecular flexibility index (Phi) is 6.84. The first-order chi connectivity index (χ1) is 9.02. The van der Waals surface area contributed by atoms with Crippen LogP contribution in [0.25, 0.3) is 0 Å². The fourth-order valence-corrected chi connectivity index (χ4v) is 2.03. The highest BCUT2D eigenvalue weighted by Gasteiger charge is 2.14. The maximum Gasteiger partial charge on any atom is 0.260 e. The fraction of sp³-hybridized carbons (Fsp3) is 0.500. The van der Waals surface area contributed by atoms with E-state index >= 15 is 0 Å². The van der Waals surface area contributed by atoms with Crippen LogP contribution in [-0.2, 0) is 4.79 Å². The predicted octanol–water partition coefficient (Wildman–Crippen LogP) is 3.66. The number of amides is 1. The number of nitrogens with one attached hydrogen (secondary N) is 1. The van der Waals surface area contributed by atoms with Gasteiger partial charge < -0.3 is 10.1 Å². The minimum Gasteiger partial charge on any atom is -0.481 e. The van der Waals surface area contributed by atoms with Crippen molar-refractivity contribution in [1.82, 2.24) is 5.32 Å². The molecule has 0 aromatic heterocycles. The average Bonchev–Trinajstić information content (AvgIpc) is 2.33. The van der Waals surface area contributed by atoms with Crippen LogP contribution in [0.3, 0.4) is 0 Å². The number of ether oxygens (including phenoxy) is 1. The summed E-state index contributed by atoms with van der Waals surface area (Å²) in [5, 5.41) is 2.80. The van der Waals surface area contributed by atoms with Crippen molar-refractivity contribution in [3.63, 3.8) is 0 Å². The van der Waals surface area contributed by atoms with Gasteiger partial charge in [-0.15, -0.1) is 0 Å². The topological polar surface area (TPSA) is 38.3 Å². The molecular weight excluding hydrogens is 313 g/mol. The Labute approximate surface area is 121 Å². The molecule has 1 N–H and O–H groups in total. The van der Waals surface area contributed by atoms with Crippen molar-refractivity contribution in [2.45, 2.75) is 39.2 Å². The van der Waals surface area contributed by atoms with Gasteiger partial charge in [0, 0.05) is 17.1 Å². The fourth-order valence-electron chi connectivity index (χ4n) is 1.58. The molecule has 0 aliphatic rings. The summed E-state index contributed by atoms with van der Waals surface area (Å²) in [5.41, 5.74) is 0. The molecule has 5 heteroatoms. The lowest BCUT2D eigenvalue weighted by Gasteiger charge is -2.15. The van der Waals surface area contributed by atoms with E-state index in [0.29, 0.717) is 16.8 Å². The van der Waals surface area contributed by atoms with Crippen LogP contribution < -0.4 is 10.1 Å². The summed E-state index contributed by atoms with van der Waals surface area (Å²) >= 11 is 3.18. The molecule has 106 valence electrons. The van der Waals surface area contributed by atoms with E-state index in [1.165, 1.54) is 12.1 Å². The van der Waals surface area contributed by atoms with Crippen molar-refractivity contribution in [3.05, 3.63) is 28.5 Å². The van der Waals surface area contributed by atoms with Crippen molar-refractivity contribution < 1.29 is 13.9 Å². The van der Waals surface area contributed by atoms with Gasteiger partial charge in [-0.05, 0) is 25.5 Å². The third kappa shape index (κ3) is 6.05. The second kappa shape index (κ2) is 8.15. The summed E-state index contributed by atoms with van der Waals surface area (Å²) < 4.78 is 19.2. The highest BCUT2D eigenvalue weighted by atomic mass is 79.9. The van der Waals surface area contributed by atoms with Crippen LogP contribution in [-0.4, -0.2) is 18.6 Å². The number of benzene rings is 1. The maximum atomic E-state index is 13.2. The minimum absolute atomic E-state index is 0.184. The molecule has 3 nitrogen and oxygen atoms in total. The van der Waals surface area contributed by atoms with Gasteiger partial charge in [0.25, 0.3) is 5.91 Å². The lowest BCUT2D eigenvalue weighted by Crippen LogP contribution is -2.36. The Morgan fingerprint density at radius 3 is 2.79 bits per heavy atom. The summed E-state index contributed by atoms with van der Waals surface area (Å²) in [4.78, 5) is 11.7. The van der Waals surface area contributed by atoms with E-state index in [1.807, 2.05) is 0 Å². The SMILES string of the molecule is CCCCCNC(=O)C(C)Oc1cc(F)cc(Br)c1. The molecule has 0 radical (unpaired) electrons. The largest absolute Gasteiger partial charge is 0.481 e. The molecule has 0 saturated heterocycles. The van der Waals surface area contributed by atoms with Gasteiger partial charge >= 0.3 is 0 Å². The van der Waals surface area contributed by atoms with Crippen molar-refractivity contribution in [2.24, 2.45) is 0 Å². The number of carbonyl (C=O) groups is 1. The van der Waals surface area contributed by atoms with Gasteiger partial charge in [-0.3, -0.25) is 4.79 Å². The Morgan fingerprint density at radius 2 is 2.16 bits per heavy atom. The van der Waals surface area contributed by atoms with Crippen molar-refractivity contribution in [2.75, 3.05) is 6.54 Å². The molecule has 0 heterocycles. The van der Waals surface area contributed by atoms with Crippen LogP contribution in [0.4, 0.5) is 4.39 Å². The Bertz CT molecular complexity index is 406. The van der Waals surface area contributed by atoms with Gasteiger partial charge in [0.2, 0.25) is 0 Å². The number of carbonyl (C=O) groups excluding carboxylic acids is 1. The van der Waals surface area contributed by atoms with E-state index in [0.717, 1.165) is 19.3 Å². The lowest BCUT2D eigenvalue weighted by molar-refractivity contribution is -0.127. The molecule has 0 aliphatic heterocycles. The molecule has 1 atom stereocenters. The van der Waals surface area contributed by atoms with Gasteiger partial charge in [-0.2, -0.15) is 0 Å². The molecule has 1 unspecified atom stereocenters. The quantitative estimate of drug-likeness (QED) is 0.774. The van der Waals surface area contributed by atoms with Gasteiger partial charge in [-0.25, -0.2) is 4.39 Å². The molecule has 0 spiro atoms. The highest BCUT2D eigenvalue weighted by Crippen LogP contribution is 2.21. The van der Waals surface area contributed by atoms with Crippen molar-refractivity contribution in [3.8, 4) is 5.75 Å². The smallest absolute Gasteiger partial charge is 0.260 e. The van der Waals surface area contributed by atoms with Gasteiger partial charge in [0.05, 0.1) is 0 Å². The van der Waals surface area contributed by atoms with E-state index in [1.54, 1.807) is 13.0 Å². The summed E-state index contributed by atoms with van der Waals surface area (Å²) in [7, 11) is 0. The van der Waals surface area contributed by atoms with Crippen LogP contribution in [0.2, 0.25) is 0 Å². The van der Waals surface area contributed by atoms with E-state index in [4.69, 9.17) is 4.74 Å². The minimum atomic E-state index is -0.643. The molecule has 1 rings (SSSR count). The zero-order valence-electron chi connectivity index (χ0n) is 11.2. The molecule has 0 bridgehead atoms. The number of hydrogen-bond donors (Lipinski definition) is 1. The number of hydrogen-bond acceptors (Lipinski definition) is 2. The summed E-state index contributed by atoms with van der Waals surface area (Å²) in [5.74, 6) is -0.250. The molecule has 0 aliphatic carbocycles. The van der Waals surface area contributed by atoms with E-state index in [9.17, 15) is 9.18 Å². The number of rotatable bonds is 7. The molecule has 1 aromatic rings. The Hall–Kier alpha value is -1.10.